The molecule has 1 N–H and O–H groups in total. The van der Waals surface area contributed by atoms with Crippen LogP contribution in [0.4, 0.5) is 5.69 Å². The van der Waals surface area contributed by atoms with Crippen LogP contribution in [0.2, 0.25) is 0 Å². The van der Waals surface area contributed by atoms with Gasteiger partial charge in [0.05, 0.1) is 10.6 Å². The lowest BCUT2D eigenvalue weighted by Gasteiger charge is -2.15. The number of nitriles is 1. The number of likely N-dealkylation sites (tertiary alicyclic amines) is 1. The molecule has 5 nitrogen and oxygen atoms in total. The molecule has 1 unspecified atom stereocenters. The van der Waals surface area contributed by atoms with Crippen LogP contribution < -0.4 is 20.1 Å². The molecular formula is C22H28N4OS. The Morgan fingerprint density at radius 3 is 2.64 bits per heavy atom. The van der Waals surface area contributed by atoms with Gasteiger partial charge in [-0.25, -0.2) is 0 Å². The molecule has 1 saturated heterocycles. The first-order valence-corrected chi connectivity index (χ1v) is 10.8. The van der Waals surface area contributed by atoms with Crippen molar-refractivity contribution in [3.63, 3.8) is 0 Å². The Bertz CT molecular complexity index is 991. The fourth-order valence-electron chi connectivity index (χ4n) is 3.60. The molecule has 2 aromatic rings. The average Bonchev–Trinajstić information content (AvgIpc) is 3.30. The summed E-state index contributed by atoms with van der Waals surface area (Å²) in [6.45, 7) is 8.13. The Hall–Kier alpha value is -2.36. The number of hydrogen-bond donors (Lipinski definition) is 1. The standard InChI is InChI=1S/C22H28N4OS/c1-3-26-21(10-12-23)28-20(22(26)27)16-17(2)24-19-8-6-18(7-9-19)11-15-25-13-4-5-14-25/h6-10,16-17,24H,3-5,11,13-15H2,1-2H3/b20-16?,21-10+. The molecule has 0 spiro atoms. The highest BCUT2D eigenvalue weighted by atomic mass is 32.1. The van der Waals surface area contributed by atoms with Crippen LogP contribution in [0, 0.1) is 11.3 Å². The van der Waals surface area contributed by atoms with Crippen LogP contribution >= 0.6 is 11.3 Å². The minimum Gasteiger partial charge on any atom is -0.379 e. The van der Waals surface area contributed by atoms with Gasteiger partial charge in [-0.1, -0.05) is 12.1 Å². The molecule has 0 bridgehead atoms. The van der Waals surface area contributed by atoms with Gasteiger partial charge in [-0.15, -0.1) is 11.3 Å². The molecule has 3 rings (SSSR count). The predicted molar refractivity (Wildman–Crippen MR) is 117 cm³/mol. The largest absolute Gasteiger partial charge is 0.379 e. The highest BCUT2D eigenvalue weighted by molar-refractivity contribution is 7.07. The fourth-order valence-corrected chi connectivity index (χ4v) is 4.73. The van der Waals surface area contributed by atoms with Crippen LogP contribution in [-0.4, -0.2) is 35.1 Å². The molecule has 0 aliphatic carbocycles. The number of nitrogens with zero attached hydrogens (tertiary/aromatic N) is 3. The third kappa shape index (κ3) is 5.12. The fraction of sp³-hybridized carbons (Fsp3) is 0.455. The molecule has 1 aliphatic rings. The molecule has 28 heavy (non-hydrogen) atoms. The maximum Gasteiger partial charge on any atom is 0.268 e. The van der Waals surface area contributed by atoms with Crippen molar-refractivity contribution in [2.45, 2.75) is 45.7 Å². The van der Waals surface area contributed by atoms with E-state index in [1.54, 1.807) is 4.57 Å². The number of benzene rings is 1. The van der Waals surface area contributed by atoms with Crippen molar-refractivity contribution < 1.29 is 0 Å². The molecule has 1 atom stereocenters. The molecule has 2 heterocycles. The summed E-state index contributed by atoms with van der Waals surface area (Å²) in [5.41, 5.74) is 2.37. The summed E-state index contributed by atoms with van der Waals surface area (Å²) in [6.07, 6.45) is 7.13. The molecule has 1 fully saturated rings. The zero-order valence-corrected chi connectivity index (χ0v) is 17.5. The molecule has 148 valence electrons. The maximum absolute atomic E-state index is 12.5. The van der Waals surface area contributed by atoms with Gasteiger partial charge in [0.25, 0.3) is 5.56 Å². The van der Waals surface area contributed by atoms with E-state index in [9.17, 15) is 4.79 Å². The van der Waals surface area contributed by atoms with Crippen LogP contribution in [0.1, 0.15) is 32.3 Å². The number of nitrogens with one attached hydrogen (secondary N) is 1. The van der Waals surface area contributed by atoms with E-state index in [0.29, 0.717) is 15.7 Å². The van der Waals surface area contributed by atoms with Gasteiger partial charge in [0, 0.05) is 30.9 Å². The van der Waals surface area contributed by atoms with Gasteiger partial charge in [-0.3, -0.25) is 9.36 Å². The Kier molecular flexibility index (Phi) is 7.07. The average molecular weight is 397 g/mol. The van der Waals surface area contributed by atoms with Crippen LogP contribution in [0.5, 0.6) is 0 Å². The summed E-state index contributed by atoms with van der Waals surface area (Å²) >= 11 is 1.37. The van der Waals surface area contributed by atoms with Crippen molar-refractivity contribution in [1.82, 2.24) is 9.47 Å². The lowest BCUT2D eigenvalue weighted by Crippen LogP contribution is -2.31. The second-order valence-electron chi connectivity index (χ2n) is 7.22. The van der Waals surface area contributed by atoms with Crippen LogP contribution in [0.25, 0.3) is 12.2 Å². The Balaban J connectivity index is 1.65. The highest BCUT2D eigenvalue weighted by Gasteiger charge is 2.11. The summed E-state index contributed by atoms with van der Waals surface area (Å²) in [5, 5.41) is 12.3. The molecule has 6 heteroatoms. The smallest absolute Gasteiger partial charge is 0.268 e. The van der Waals surface area contributed by atoms with Gasteiger partial charge >= 0.3 is 0 Å². The Morgan fingerprint density at radius 2 is 2.00 bits per heavy atom. The van der Waals surface area contributed by atoms with Gasteiger partial charge < -0.3 is 10.2 Å². The maximum atomic E-state index is 12.5. The van der Waals surface area contributed by atoms with E-state index in [4.69, 9.17) is 5.26 Å². The van der Waals surface area contributed by atoms with Crippen molar-refractivity contribution in [3.8, 4) is 6.07 Å². The van der Waals surface area contributed by atoms with Crippen molar-refractivity contribution >= 4 is 29.2 Å². The van der Waals surface area contributed by atoms with Crippen molar-refractivity contribution in [1.29, 1.82) is 5.26 Å². The van der Waals surface area contributed by atoms with Gasteiger partial charge in [0.15, 0.2) is 0 Å². The van der Waals surface area contributed by atoms with Crippen LogP contribution in [-0.2, 0) is 13.0 Å². The first-order valence-electron chi connectivity index (χ1n) is 10.00. The molecule has 1 aromatic heterocycles. The number of hydrogen-bond acceptors (Lipinski definition) is 5. The van der Waals surface area contributed by atoms with Crippen LogP contribution in [0.15, 0.2) is 29.1 Å². The minimum absolute atomic E-state index is 0.0158. The number of rotatable bonds is 7. The molecule has 1 aliphatic heterocycles. The van der Waals surface area contributed by atoms with Crippen molar-refractivity contribution in [2.24, 2.45) is 0 Å². The van der Waals surface area contributed by atoms with E-state index in [1.165, 1.54) is 48.9 Å². The molecule has 0 radical (unpaired) electrons. The minimum atomic E-state index is -0.0279. The zero-order valence-electron chi connectivity index (χ0n) is 16.6. The van der Waals surface area contributed by atoms with E-state index >= 15 is 0 Å². The van der Waals surface area contributed by atoms with E-state index < -0.39 is 0 Å². The number of thiazole rings is 1. The van der Waals surface area contributed by atoms with E-state index in [2.05, 4.69) is 34.5 Å². The van der Waals surface area contributed by atoms with Gasteiger partial charge in [0.1, 0.15) is 4.66 Å². The monoisotopic (exact) mass is 396 g/mol. The third-order valence-corrected chi connectivity index (χ3v) is 6.18. The SMILES string of the molecule is CCn1c(=O)c(=CC(C)Nc2ccc(CCN3CCCC3)cc2)s/c1=C/C#N. The summed E-state index contributed by atoms with van der Waals surface area (Å²) < 4.78 is 3.02. The predicted octanol–water partition coefficient (Wildman–Crippen LogP) is 2.15. The molecule has 0 saturated carbocycles. The second kappa shape index (κ2) is 9.72. The van der Waals surface area contributed by atoms with Crippen LogP contribution in [0.3, 0.4) is 0 Å². The highest BCUT2D eigenvalue weighted by Crippen LogP contribution is 2.13. The zero-order chi connectivity index (χ0) is 19.9. The third-order valence-electron chi connectivity index (χ3n) is 5.11. The second-order valence-corrected chi connectivity index (χ2v) is 8.28. The summed E-state index contributed by atoms with van der Waals surface area (Å²) in [4.78, 5) is 15.0. The normalized spacial score (nSPS) is 17.0. The number of aromatic nitrogens is 1. The first kappa shape index (κ1) is 20.4. The topological polar surface area (TPSA) is 61.1 Å². The van der Waals surface area contributed by atoms with E-state index in [0.717, 1.165) is 18.7 Å². The van der Waals surface area contributed by atoms with Gasteiger partial charge in [-0.05, 0) is 70.0 Å². The van der Waals surface area contributed by atoms with Crippen molar-refractivity contribution in [2.75, 3.05) is 25.0 Å². The molecular weight excluding hydrogens is 368 g/mol. The molecule has 0 amide bonds. The van der Waals surface area contributed by atoms with Crippen molar-refractivity contribution in [3.05, 3.63) is 49.4 Å². The first-order chi connectivity index (χ1) is 13.6. The van der Waals surface area contributed by atoms with E-state index in [1.807, 2.05) is 26.0 Å². The van der Waals surface area contributed by atoms with E-state index in [-0.39, 0.29) is 11.6 Å². The quantitative estimate of drug-likeness (QED) is 0.779. The Morgan fingerprint density at radius 1 is 1.29 bits per heavy atom. The lowest BCUT2D eigenvalue weighted by molar-refractivity contribution is 0.343. The molecule has 1 aromatic carbocycles. The lowest BCUT2D eigenvalue weighted by atomic mass is 10.1. The number of anilines is 1. The van der Waals surface area contributed by atoms with Gasteiger partial charge in [0.2, 0.25) is 0 Å². The summed E-state index contributed by atoms with van der Waals surface area (Å²) in [5.74, 6) is 0. The van der Waals surface area contributed by atoms with Gasteiger partial charge in [-0.2, -0.15) is 5.26 Å². The Labute approximate surface area is 170 Å². The summed E-state index contributed by atoms with van der Waals surface area (Å²) in [6, 6.07) is 10.6. The summed E-state index contributed by atoms with van der Waals surface area (Å²) in [7, 11) is 0.